The molecule has 0 aliphatic heterocycles. The van der Waals surface area contributed by atoms with Crippen molar-refractivity contribution in [3.05, 3.63) is 23.3 Å². The first kappa shape index (κ1) is 20.6. The maximum absolute atomic E-state index is 11.6. The van der Waals surface area contributed by atoms with Gasteiger partial charge in [-0.25, -0.2) is 0 Å². The van der Waals surface area contributed by atoms with Crippen LogP contribution in [-0.4, -0.2) is 18.4 Å². The summed E-state index contributed by atoms with van der Waals surface area (Å²) in [4.78, 5) is 23.1. The molecule has 0 heterocycles. The maximum atomic E-state index is 11.6. The molecule has 0 N–H and O–H groups in total. The van der Waals surface area contributed by atoms with E-state index in [0.717, 1.165) is 32.1 Å². The van der Waals surface area contributed by atoms with Gasteiger partial charge in [-0.05, 0) is 46.1 Å². The Labute approximate surface area is 135 Å². The number of esters is 1. The summed E-state index contributed by atoms with van der Waals surface area (Å²) in [7, 11) is 0. The van der Waals surface area contributed by atoms with Gasteiger partial charge in [0.15, 0.2) is 0 Å². The smallest absolute Gasteiger partial charge is 0.306 e. The summed E-state index contributed by atoms with van der Waals surface area (Å²) >= 11 is 0. The summed E-state index contributed by atoms with van der Waals surface area (Å²) in [5.41, 5.74) is 2.55. The lowest BCUT2D eigenvalue weighted by Crippen LogP contribution is -2.08. The minimum Gasteiger partial charge on any atom is -0.461 e. The number of hydrogen-bond acceptors (Lipinski definition) is 3. The summed E-state index contributed by atoms with van der Waals surface area (Å²) in [5.74, 6) is -0.115. The van der Waals surface area contributed by atoms with E-state index in [-0.39, 0.29) is 18.2 Å². The number of hydrogen-bond donors (Lipinski definition) is 0. The quantitative estimate of drug-likeness (QED) is 0.284. The highest BCUT2D eigenvalue weighted by Crippen LogP contribution is 2.07. The molecule has 0 aliphatic rings. The molecule has 0 aromatic carbocycles. The van der Waals surface area contributed by atoms with Crippen molar-refractivity contribution >= 4 is 11.8 Å². The van der Waals surface area contributed by atoms with Crippen LogP contribution in [0.25, 0.3) is 0 Å². The zero-order valence-electron chi connectivity index (χ0n) is 14.7. The molecule has 0 aromatic heterocycles. The molecule has 0 aliphatic carbocycles. The molecule has 0 fully saturated rings. The number of ether oxygens (including phenoxy) is 1. The lowest BCUT2D eigenvalue weighted by Gasteiger charge is -2.03. The lowest BCUT2D eigenvalue weighted by atomic mass is 10.1. The van der Waals surface area contributed by atoms with Crippen molar-refractivity contribution in [1.29, 1.82) is 0 Å². The van der Waals surface area contributed by atoms with Gasteiger partial charge >= 0.3 is 5.97 Å². The van der Waals surface area contributed by atoms with Gasteiger partial charge in [0.2, 0.25) is 0 Å². The SMILES string of the molecule is CCCCCC(=O)CCC(=O)OCC=C(C)CCC=C(C)C. The van der Waals surface area contributed by atoms with Gasteiger partial charge in [0.25, 0.3) is 0 Å². The molecule has 0 radical (unpaired) electrons. The first-order valence-electron chi connectivity index (χ1n) is 8.42. The van der Waals surface area contributed by atoms with Crippen molar-refractivity contribution in [2.24, 2.45) is 0 Å². The molecule has 0 bridgehead atoms. The maximum Gasteiger partial charge on any atom is 0.306 e. The van der Waals surface area contributed by atoms with E-state index in [1.165, 1.54) is 11.1 Å². The second-order valence-electron chi connectivity index (χ2n) is 6.05. The summed E-state index contributed by atoms with van der Waals surface area (Å²) < 4.78 is 5.13. The molecule has 0 amide bonds. The highest BCUT2D eigenvalue weighted by Gasteiger charge is 2.07. The van der Waals surface area contributed by atoms with Gasteiger partial charge in [-0.1, -0.05) is 37.0 Å². The molecule has 0 atom stereocenters. The average molecular weight is 308 g/mol. The number of carbonyl (C=O) groups is 2. The van der Waals surface area contributed by atoms with E-state index in [1.807, 2.05) is 13.0 Å². The second kappa shape index (κ2) is 13.3. The van der Waals surface area contributed by atoms with Gasteiger partial charge in [-0.2, -0.15) is 0 Å². The molecule has 0 unspecified atom stereocenters. The normalized spacial score (nSPS) is 11.2. The largest absolute Gasteiger partial charge is 0.461 e. The van der Waals surface area contributed by atoms with Gasteiger partial charge in [-0.15, -0.1) is 0 Å². The Kier molecular flexibility index (Phi) is 12.5. The van der Waals surface area contributed by atoms with Gasteiger partial charge in [0, 0.05) is 12.8 Å². The van der Waals surface area contributed by atoms with E-state index < -0.39 is 0 Å². The Morgan fingerprint density at radius 1 is 0.909 bits per heavy atom. The fraction of sp³-hybridized carbons (Fsp3) is 0.684. The molecule has 0 saturated heterocycles. The summed E-state index contributed by atoms with van der Waals surface area (Å²) in [6, 6.07) is 0. The number of Topliss-reactive ketones (excluding diaryl/α,β-unsaturated/α-hetero) is 1. The van der Waals surface area contributed by atoms with E-state index in [2.05, 4.69) is 26.8 Å². The Balaban J connectivity index is 3.76. The predicted octanol–water partition coefficient (Wildman–Crippen LogP) is 5.15. The summed E-state index contributed by atoms with van der Waals surface area (Å²) in [6.45, 7) is 8.64. The topological polar surface area (TPSA) is 43.4 Å². The number of carbonyl (C=O) groups excluding carboxylic acids is 2. The first-order chi connectivity index (χ1) is 10.5. The van der Waals surface area contributed by atoms with Gasteiger partial charge in [0.05, 0.1) is 6.42 Å². The van der Waals surface area contributed by atoms with Crippen molar-refractivity contribution in [2.75, 3.05) is 6.61 Å². The second-order valence-corrected chi connectivity index (χ2v) is 6.05. The van der Waals surface area contributed by atoms with Crippen molar-refractivity contribution in [3.8, 4) is 0 Å². The van der Waals surface area contributed by atoms with E-state index in [4.69, 9.17) is 4.74 Å². The zero-order chi connectivity index (χ0) is 16.8. The first-order valence-corrected chi connectivity index (χ1v) is 8.42. The number of ketones is 1. The highest BCUT2D eigenvalue weighted by atomic mass is 16.5. The third-order valence-electron chi connectivity index (χ3n) is 3.43. The zero-order valence-corrected chi connectivity index (χ0v) is 14.7. The van der Waals surface area contributed by atoms with Gasteiger partial charge in [-0.3, -0.25) is 9.59 Å². The molecular formula is C19H32O3. The van der Waals surface area contributed by atoms with E-state index >= 15 is 0 Å². The number of unbranched alkanes of at least 4 members (excludes halogenated alkanes) is 2. The van der Waals surface area contributed by atoms with Crippen molar-refractivity contribution < 1.29 is 14.3 Å². The summed E-state index contributed by atoms with van der Waals surface area (Å²) in [6.07, 6.45) is 10.4. The van der Waals surface area contributed by atoms with Crippen LogP contribution in [0.5, 0.6) is 0 Å². The van der Waals surface area contributed by atoms with Crippen molar-refractivity contribution in [1.82, 2.24) is 0 Å². The molecule has 22 heavy (non-hydrogen) atoms. The lowest BCUT2D eigenvalue weighted by molar-refractivity contribution is -0.143. The molecular weight excluding hydrogens is 276 g/mol. The highest BCUT2D eigenvalue weighted by molar-refractivity contribution is 5.82. The van der Waals surface area contributed by atoms with Crippen LogP contribution in [0.2, 0.25) is 0 Å². The van der Waals surface area contributed by atoms with Crippen LogP contribution in [0.15, 0.2) is 23.3 Å². The van der Waals surface area contributed by atoms with Crippen molar-refractivity contribution in [3.63, 3.8) is 0 Å². The molecule has 0 aromatic rings. The van der Waals surface area contributed by atoms with Crippen LogP contribution >= 0.6 is 0 Å². The minimum atomic E-state index is -0.280. The fourth-order valence-electron chi connectivity index (χ4n) is 1.98. The molecule has 0 saturated carbocycles. The Morgan fingerprint density at radius 3 is 2.27 bits per heavy atom. The molecule has 3 heteroatoms. The molecule has 0 spiro atoms. The Bertz CT molecular complexity index is 387. The third-order valence-corrected chi connectivity index (χ3v) is 3.43. The van der Waals surface area contributed by atoms with Crippen molar-refractivity contribution in [2.45, 2.75) is 79.1 Å². The number of rotatable bonds is 12. The van der Waals surface area contributed by atoms with Gasteiger partial charge < -0.3 is 4.74 Å². The van der Waals surface area contributed by atoms with Crippen LogP contribution in [0.4, 0.5) is 0 Å². The Morgan fingerprint density at radius 2 is 1.64 bits per heavy atom. The van der Waals surface area contributed by atoms with Crippen LogP contribution in [-0.2, 0) is 14.3 Å². The minimum absolute atomic E-state index is 0.166. The predicted molar refractivity (Wildman–Crippen MR) is 91.8 cm³/mol. The molecule has 0 rings (SSSR count). The van der Waals surface area contributed by atoms with E-state index in [9.17, 15) is 9.59 Å². The standard InChI is InChI=1S/C19H32O3/c1-5-6-7-11-18(20)12-13-19(21)22-15-14-17(4)10-8-9-16(2)3/h9,14H,5-8,10-13,15H2,1-4H3. The van der Waals surface area contributed by atoms with Gasteiger partial charge in [0.1, 0.15) is 12.4 Å². The summed E-state index contributed by atoms with van der Waals surface area (Å²) in [5, 5.41) is 0. The average Bonchev–Trinajstić information content (AvgIpc) is 2.45. The monoisotopic (exact) mass is 308 g/mol. The van der Waals surface area contributed by atoms with Crippen LogP contribution in [0.3, 0.4) is 0 Å². The molecule has 3 nitrogen and oxygen atoms in total. The Hall–Kier alpha value is -1.38. The number of allylic oxidation sites excluding steroid dienone is 3. The van der Waals surface area contributed by atoms with E-state index in [1.54, 1.807) is 0 Å². The fourth-order valence-corrected chi connectivity index (χ4v) is 1.98. The third kappa shape index (κ3) is 13.6. The van der Waals surface area contributed by atoms with Crippen LogP contribution in [0.1, 0.15) is 79.1 Å². The van der Waals surface area contributed by atoms with Crippen LogP contribution < -0.4 is 0 Å². The van der Waals surface area contributed by atoms with E-state index in [0.29, 0.717) is 19.4 Å². The molecule has 126 valence electrons. The van der Waals surface area contributed by atoms with Crippen LogP contribution in [0, 0.1) is 0 Å².